The number of benzene rings is 1. The molecule has 1 spiro atoms. The first kappa shape index (κ1) is 15.4. The number of carbonyl (C=O) groups excluding carboxylic acids is 1. The summed E-state index contributed by atoms with van der Waals surface area (Å²) in [5, 5.41) is 2.89. The lowest BCUT2D eigenvalue weighted by Crippen LogP contribution is -2.59. The molecule has 0 saturated carbocycles. The van der Waals surface area contributed by atoms with Crippen LogP contribution in [-0.2, 0) is 17.8 Å². The highest BCUT2D eigenvalue weighted by Gasteiger charge is 2.47. The molecule has 1 amide bonds. The zero-order valence-electron chi connectivity index (χ0n) is 13.7. The van der Waals surface area contributed by atoms with E-state index in [-0.39, 0.29) is 11.4 Å². The van der Waals surface area contributed by atoms with E-state index >= 15 is 0 Å². The number of likely N-dealkylation sites (tertiary alicyclic amines) is 1. The summed E-state index contributed by atoms with van der Waals surface area (Å²) in [5.74, 6) is 0.680. The molecule has 2 aliphatic rings. The lowest BCUT2D eigenvalue weighted by molar-refractivity contribution is -0.0275. The van der Waals surface area contributed by atoms with Crippen LogP contribution in [0.5, 0.6) is 0 Å². The molecule has 5 nitrogen and oxygen atoms in total. The molecule has 1 aromatic carbocycles. The predicted octanol–water partition coefficient (Wildman–Crippen LogP) is 2.57. The van der Waals surface area contributed by atoms with Crippen LogP contribution in [0, 0.1) is 0 Å². The number of rotatable bonds is 5. The highest BCUT2D eigenvalue weighted by Crippen LogP contribution is 2.38. The van der Waals surface area contributed by atoms with Crippen molar-refractivity contribution in [3.05, 3.63) is 59.5 Å². The summed E-state index contributed by atoms with van der Waals surface area (Å²) in [5.41, 5.74) is 2.11. The Morgan fingerprint density at radius 1 is 1.25 bits per heavy atom. The molecule has 126 valence electrons. The standard InChI is InChI=1S/C19H22N2O3/c22-18(20-12-17-5-2-9-24-17)16-4-1-3-15(11-16)13-21-8-6-19(21)7-10-23-14-19/h1-5,9,11H,6-8,10,12-14H2,(H,20,22). The Morgan fingerprint density at radius 3 is 2.92 bits per heavy atom. The van der Waals surface area contributed by atoms with Crippen molar-refractivity contribution < 1.29 is 13.9 Å². The number of carbonyl (C=O) groups is 1. The van der Waals surface area contributed by atoms with Crippen LogP contribution >= 0.6 is 0 Å². The van der Waals surface area contributed by atoms with E-state index in [1.54, 1.807) is 6.26 Å². The second kappa shape index (κ2) is 6.42. The summed E-state index contributed by atoms with van der Waals surface area (Å²) in [6.45, 7) is 4.10. The molecule has 3 heterocycles. The normalized spacial score (nSPS) is 23.3. The number of nitrogens with zero attached hydrogens (tertiary/aromatic N) is 1. The van der Waals surface area contributed by atoms with E-state index in [9.17, 15) is 4.79 Å². The largest absolute Gasteiger partial charge is 0.467 e. The van der Waals surface area contributed by atoms with Crippen molar-refractivity contribution in [2.75, 3.05) is 19.8 Å². The van der Waals surface area contributed by atoms with Gasteiger partial charge in [-0.1, -0.05) is 12.1 Å². The van der Waals surface area contributed by atoms with Crippen LogP contribution in [0.25, 0.3) is 0 Å². The summed E-state index contributed by atoms with van der Waals surface area (Å²) in [6, 6.07) is 11.5. The molecule has 24 heavy (non-hydrogen) atoms. The smallest absolute Gasteiger partial charge is 0.251 e. The molecule has 2 saturated heterocycles. The van der Waals surface area contributed by atoms with E-state index in [2.05, 4.69) is 16.3 Å². The maximum absolute atomic E-state index is 12.3. The maximum Gasteiger partial charge on any atom is 0.251 e. The van der Waals surface area contributed by atoms with Crippen molar-refractivity contribution in [1.82, 2.24) is 10.2 Å². The minimum atomic E-state index is -0.0734. The van der Waals surface area contributed by atoms with Crippen LogP contribution in [0.15, 0.2) is 47.1 Å². The van der Waals surface area contributed by atoms with Gasteiger partial charge in [0.15, 0.2) is 0 Å². The molecule has 0 aliphatic carbocycles. The summed E-state index contributed by atoms with van der Waals surface area (Å²) < 4.78 is 10.8. The van der Waals surface area contributed by atoms with Crippen molar-refractivity contribution in [2.45, 2.75) is 31.5 Å². The zero-order chi connectivity index (χ0) is 16.4. The van der Waals surface area contributed by atoms with Crippen LogP contribution in [-0.4, -0.2) is 36.1 Å². The van der Waals surface area contributed by atoms with Gasteiger partial charge in [0.05, 0.1) is 19.4 Å². The molecule has 5 heteroatoms. The molecular weight excluding hydrogens is 304 g/mol. The maximum atomic E-state index is 12.3. The summed E-state index contributed by atoms with van der Waals surface area (Å²) in [4.78, 5) is 14.8. The number of amides is 1. The fourth-order valence-corrected chi connectivity index (χ4v) is 3.59. The van der Waals surface area contributed by atoms with Gasteiger partial charge in [0.2, 0.25) is 0 Å². The van der Waals surface area contributed by atoms with Crippen molar-refractivity contribution in [3.63, 3.8) is 0 Å². The topological polar surface area (TPSA) is 54.7 Å². The highest BCUT2D eigenvalue weighted by atomic mass is 16.5. The van der Waals surface area contributed by atoms with Gasteiger partial charge in [0, 0.05) is 30.8 Å². The Hall–Kier alpha value is -2.11. The van der Waals surface area contributed by atoms with Crippen LogP contribution in [0.4, 0.5) is 0 Å². The molecule has 1 N–H and O–H groups in total. The monoisotopic (exact) mass is 326 g/mol. The number of hydrogen-bond acceptors (Lipinski definition) is 4. The SMILES string of the molecule is O=C(NCc1ccco1)c1cccc(CN2CCC23CCOC3)c1. The van der Waals surface area contributed by atoms with Gasteiger partial charge >= 0.3 is 0 Å². The molecule has 2 fully saturated rings. The molecule has 0 bridgehead atoms. The van der Waals surface area contributed by atoms with Crippen LogP contribution in [0.2, 0.25) is 0 Å². The third-order valence-electron chi connectivity index (χ3n) is 5.17. The molecular formula is C19H22N2O3. The molecule has 2 aromatic rings. The number of ether oxygens (including phenoxy) is 1. The average molecular weight is 326 g/mol. The fourth-order valence-electron chi connectivity index (χ4n) is 3.59. The Kier molecular flexibility index (Phi) is 4.12. The van der Waals surface area contributed by atoms with E-state index in [4.69, 9.17) is 9.15 Å². The van der Waals surface area contributed by atoms with E-state index in [1.165, 1.54) is 12.0 Å². The molecule has 1 atom stereocenters. The minimum Gasteiger partial charge on any atom is -0.467 e. The zero-order valence-corrected chi connectivity index (χ0v) is 13.7. The first-order valence-corrected chi connectivity index (χ1v) is 8.48. The first-order valence-electron chi connectivity index (χ1n) is 8.48. The number of furan rings is 1. The van der Waals surface area contributed by atoms with Gasteiger partial charge in [-0.05, 0) is 42.7 Å². The van der Waals surface area contributed by atoms with Crippen LogP contribution in [0.1, 0.15) is 34.5 Å². The Bertz CT molecular complexity index is 705. The lowest BCUT2D eigenvalue weighted by atomic mass is 9.83. The quantitative estimate of drug-likeness (QED) is 0.917. The summed E-state index contributed by atoms with van der Waals surface area (Å²) in [7, 11) is 0. The summed E-state index contributed by atoms with van der Waals surface area (Å²) >= 11 is 0. The Labute approximate surface area is 141 Å². The van der Waals surface area contributed by atoms with Crippen molar-refractivity contribution in [1.29, 1.82) is 0 Å². The van der Waals surface area contributed by atoms with Gasteiger partial charge < -0.3 is 14.5 Å². The van der Waals surface area contributed by atoms with Gasteiger partial charge in [0.25, 0.3) is 5.91 Å². The van der Waals surface area contributed by atoms with E-state index in [0.717, 1.165) is 38.5 Å². The van der Waals surface area contributed by atoms with Crippen LogP contribution in [0.3, 0.4) is 0 Å². The van der Waals surface area contributed by atoms with Crippen LogP contribution < -0.4 is 5.32 Å². The molecule has 2 aliphatic heterocycles. The Morgan fingerprint density at radius 2 is 2.21 bits per heavy atom. The molecule has 1 unspecified atom stereocenters. The molecule has 1 aromatic heterocycles. The fraction of sp³-hybridized carbons (Fsp3) is 0.421. The number of hydrogen-bond donors (Lipinski definition) is 1. The lowest BCUT2D eigenvalue weighted by Gasteiger charge is -2.50. The van der Waals surface area contributed by atoms with E-state index in [1.807, 2.05) is 30.3 Å². The van der Waals surface area contributed by atoms with Gasteiger partial charge in [0.1, 0.15) is 5.76 Å². The van der Waals surface area contributed by atoms with E-state index in [0.29, 0.717) is 12.1 Å². The van der Waals surface area contributed by atoms with Gasteiger partial charge in [-0.2, -0.15) is 0 Å². The van der Waals surface area contributed by atoms with Gasteiger partial charge in [-0.25, -0.2) is 0 Å². The molecule has 4 rings (SSSR count). The van der Waals surface area contributed by atoms with Crippen molar-refractivity contribution in [3.8, 4) is 0 Å². The Balaban J connectivity index is 1.39. The van der Waals surface area contributed by atoms with Crippen molar-refractivity contribution in [2.24, 2.45) is 0 Å². The number of nitrogens with one attached hydrogen (secondary N) is 1. The third-order valence-corrected chi connectivity index (χ3v) is 5.17. The predicted molar refractivity (Wildman–Crippen MR) is 89.5 cm³/mol. The first-order chi connectivity index (χ1) is 11.8. The highest BCUT2D eigenvalue weighted by molar-refractivity contribution is 5.94. The van der Waals surface area contributed by atoms with Crippen molar-refractivity contribution >= 4 is 5.91 Å². The second-order valence-corrected chi connectivity index (χ2v) is 6.66. The summed E-state index contributed by atoms with van der Waals surface area (Å²) in [6.07, 6.45) is 3.95. The molecule has 0 radical (unpaired) electrons. The third kappa shape index (κ3) is 2.97. The van der Waals surface area contributed by atoms with Gasteiger partial charge in [-0.15, -0.1) is 0 Å². The minimum absolute atomic E-state index is 0.0734. The van der Waals surface area contributed by atoms with E-state index < -0.39 is 0 Å². The average Bonchev–Trinajstić information content (AvgIpc) is 3.29. The second-order valence-electron chi connectivity index (χ2n) is 6.66. The van der Waals surface area contributed by atoms with Gasteiger partial charge in [-0.3, -0.25) is 9.69 Å².